The highest BCUT2D eigenvalue weighted by Crippen LogP contribution is 2.38. The Labute approximate surface area is 168 Å². The molecule has 4 heteroatoms. The Hall–Kier alpha value is -2.17. The van der Waals surface area contributed by atoms with Crippen molar-refractivity contribution >= 4 is 5.97 Å². The quantitative estimate of drug-likeness (QED) is 0.494. The van der Waals surface area contributed by atoms with E-state index in [-0.39, 0.29) is 17.0 Å². The number of ether oxygens (including phenoxy) is 1. The molecule has 1 saturated heterocycles. The monoisotopic (exact) mass is 381 g/mol. The average molecular weight is 382 g/mol. The number of hydroxylamine groups is 2. The minimum atomic E-state index is -0.340. The summed E-state index contributed by atoms with van der Waals surface area (Å²) < 4.78 is 5.65. The molecule has 2 aromatic carbocycles. The van der Waals surface area contributed by atoms with Crippen LogP contribution in [0, 0.1) is 0 Å². The van der Waals surface area contributed by atoms with Crippen molar-refractivity contribution < 1.29 is 14.4 Å². The molecule has 28 heavy (non-hydrogen) atoms. The van der Waals surface area contributed by atoms with Crippen LogP contribution < -0.4 is 4.74 Å². The smallest absolute Gasteiger partial charge is 0.343 e. The van der Waals surface area contributed by atoms with Crippen molar-refractivity contribution in [2.24, 2.45) is 0 Å². The Kier molecular flexibility index (Phi) is 6.21. The van der Waals surface area contributed by atoms with E-state index in [2.05, 4.69) is 32.8 Å². The fraction of sp³-hybridized carbons (Fsp3) is 0.458. The molecule has 0 atom stereocenters. The van der Waals surface area contributed by atoms with Crippen molar-refractivity contribution in [1.82, 2.24) is 5.06 Å². The van der Waals surface area contributed by atoms with Gasteiger partial charge in [0.25, 0.3) is 0 Å². The van der Waals surface area contributed by atoms with Crippen LogP contribution in [0.3, 0.4) is 0 Å². The summed E-state index contributed by atoms with van der Waals surface area (Å²) in [7, 11) is 0. The molecule has 1 fully saturated rings. The molecule has 1 heterocycles. The first kappa shape index (κ1) is 20.6. The van der Waals surface area contributed by atoms with Crippen LogP contribution in [-0.2, 0) is 11.3 Å². The predicted molar refractivity (Wildman–Crippen MR) is 111 cm³/mol. The molecule has 0 radical (unpaired) electrons. The molecular weight excluding hydrogens is 350 g/mol. The van der Waals surface area contributed by atoms with E-state index >= 15 is 0 Å². The predicted octanol–water partition coefficient (Wildman–Crippen LogP) is 5.42. The largest absolute Gasteiger partial charge is 0.423 e. The van der Waals surface area contributed by atoms with E-state index in [0.717, 1.165) is 18.4 Å². The lowest BCUT2D eigenvalue weighted by Gasteiger charge is -2.51. The third-order valence-electron chi connectivity index (χ3n) is 5.45. The summed E-state index contributed by atoms with van der Waals surface area (Å²) in [6.45, 7) is 9.51. The van der Waals surface area contributed by atoms with Crippen LogP contribution in [0.5, 0.6) is 5.75 Å². The summed E-state index contributed by atoms with van der Waals surface area (Å²) in [6, 6.07) is 16.7. The lowest BCUT2D eigenvalue weighted by Crippen LogP contribution is -2.58. The molecule has 0 unspecified atom stereocenters. The highest BCUT2D eigenvalue weighted by atomic mass is 16.7. The van der Waals surface area contributed by atoms with Crippen molar-refractivity contribution in [1.29, 1.82) is 0 Å². The highest BCUT2D eigenvalue weighted by molar-refractivity contribution is 5.91. The van der Waals surface area contributed by atoms with Gasteiger partial charge in [0.15, 0.2) is 0 Å². The SMILES string of the molecule is CC1(C)CCCC(C)(C)N1OCCc1ccccc1OC(=O)c1ccccc1. The highest BCUT2D eigenvalue weighted by Gasteiger charge is 2.42. The van der Waals surface area contributed by atoms with Gasteiger partial charge in [-0.3, -0.25) is 4.84 Å². The van der Waals surface area contributed by atoms with Crippen molar-refractivity contribution in [3.8, 4) is 5.75 Å². The third-order valence-corrected chi connectivity index (χ3v) is 5.45. The molecule has 0 aliphatic carbocycles. The molecule has 0 saturated carbocycles. The van der Waals surface area contributed by atoms with E-state index in [1.54, 1.807) is 12.1 Å². The van der Waals surface area contributed by atoms with Crippen LogP contribution in [-0.4, -0.2) is 28.7 Å². The number of hydrogen-bond acceptors (Lipinski definition) is 4. The van der Waals surface area contributed by atoms with Crippen LogP contribution >= 0.6 is 0 Å². The van der Waals surface area contributed by atoms with Crippen LogP contribution in [0.15, 0.2) is 54.6 Å². The van der Waals surface area contributed by atoms with Gasteiger partial charge in [-0.05, 0) is 70.7 Å². The fourth-order valence-electron chi connectivity index (χ4n) is 4.12. The molecule has 1 aliphatic rings. The maximum atomic E-state index is 12.4. The zero-order valence-electron chi connectivity index (χ0n) is 17.4. The zero-order chi connectivity index (χ0) is 20.2. The van der Waals surface area contributed by atoms with Gasteiger partial charge < -0.3 is 4.74 Å². The van der Waals surface area contributed by atoms with E-state index in [1.807, 2.05) is 42.5 Å². The number of piperidine rings is 1. The Morgan fingerprint density at radius 2 is 1.54 bits per heavy atom. The normalized spacial score (nSPS) is 18.6. The second-order valence-corrected chi connectivity index (χ2v) is 8.72. The first-order valence-electron chi connectivity index (χ1n) is 10.1. The second-order valence-electron chi connectivity index (χ2n) is 8.72. The maximum absolute atomic E-state index is 12.4. The Bertz CT molecular complexity index is 783. The molecule has 0 spiro atoms. The Balaban J connectivity index is 1.64. The number of carbonyl (C=O) groups excluding carboxylic acids is 1. The molecule has 0 N–H and O–H groups in total. The van der Waals surface area contributed by atoms with Gasteiger partial charge in [-0.2, -0.15) is 5.06 Å². The van der Waals surface area contributed by atoms with Crippen molar-refractivity contribution in [3.63, 3.8) is 0 Å². The van der Waals surface area contributed by atoms with E-state index in [9.17, 15) is 4.79 Å². The van der Waals surface area contributed by atoms with Gasteiger partial charge in [-0.25, -0.2) is 4.79 Å². The maximum Gasteiger partial charge on any atom is 0.343 e. The number of esters is 1. The summed E-state index contributed by atoms with van der Waals surface area (Å²) in [5.41, 5.74) is 1.55. The summed E-state index contributed by atoms with van der Waals surface area (Å²) in [6.07, 6.45) is 4.16. The minimum Gasteiger partial charge on any atom is -0.423 e. The number of carbonyl (C=O) groups is 1. The van der Waals surface area contributed by atoms with Crippen LogP contribution in [0.2, 0.25) is 0 Å². The lowest BCUT2D eigenvalue weighted by molar-refractivity contribution is -0.280. The lowest BCUT2D eigenvalue weighted by atomic mass is 9.82. The average Bonchev–Trinajstić information content (AvgIpc) is 2.65. The van der Waals surface area contributed by atoms with Crippen LogP contribution in [0.1, 0.15) is 62.9 Å². The number of rotatable bonds is 6. The first-order valence-corrected chi connectivity index (χ1v) is 10.1. The topological polar surface area (TPSA) is 38.8 Å². The molecule has 2 aromatic rings. The molecule has 0 bridgehead atoms. The molecule has 3 rings (SSSR count). The summed E-state index contributed by atoms with van der Waals surface area (Å²) in [4.78, 5) is 18.7. The summed E-state index contributed by atoms with van der Waals surface area (Å²) >= 11 is 0. The van der Waals surface area contributed by atoms with E-state index in [4.69, 9.17) is 9.57 Å². The van der Waals surface area contributed by atoms with Crippen LogP contribution in [0.4, 0.5) is 0 Å². The van der Waals surface area contributed by atoms with Crippen molar-refractivity contribution in [3.05, 3.63) is 65.7 Å². The molecule has 1 aliphatic heterocycles. The molecule has 0 amide bonds. The fourth-order valence-corrected chi connectivity index (χ4v) is 4.12. The summed E-state index contributed by atoms with van der Waals surface area (Å²) in [5, 5.41) is 2.17. The number of benzene rings is 2. The molecule has 0 aromatic heterocycles. The molecule has 4 nitrogen and oxygen atoms in total. The first-order chi connectivity index (χ1) is 13.3. The van der Waals surface area contributed by atoms with Gasteiger partial charge in [-0.1, -0.05) is 36.4 Å². The van der Waals surface area contributed by atoms with Gasteiger partial charge in [-0.15, -0.1) is 0 Å². The Morgan fingerprint density at radius 3 is 2.21 bits per heavy atom. The van der Waals surface area contributed by atoms with Gasteiger partial charge in [0, 0.05) is 17.5 Å². The van der Waals surface area contributed by atoms with E-state index in [0.29, 0.717) is 24.3 Å². The molecular formula is C24H31NO3. The minimum absolute atomic E-state index is 0.0149. The number of hydrogen-bond donors (Lipinski definition) is 0. The van der Waals surface area contributed by atoms with Gasteiger partial charge >= 0.3 is 5.97 Å². The van der Waals surface area contributed by atoms with Crippen LogP contribution in [0.25, 0.3) is 0 Å². The second kappa shape index (κ2) is 8.46. The van der Waals surface area contributed by atoms with Gasteiger partial charge in [0.2, 0.25) is 0 Å². The van der Waals surface area contributed by atoms with Crippen molar-refractivity contribution in [2.75, 3.05) is 6.61 Å². The van der Waals surface area contributed by atoms with E-state index in [1.165, 1.54) is 6.42 Å². The van der Waals surface area contributed by atoms with Gasteiger partial charge in [0.1, 0.15) is 5.75 Å². The Morgan fingerprint density at radius 1 is 0.929 bits per heavy atom. The standard InChI is InChI=1S/C24H31NO3/c1-23(2)16-10-17-24(3,4)25(23)27-18-15-19-11-8-9-14-21(19)28-22(26)20-12-6-5-7-13-20/h5-9,11-14H,10,15-18H2,1-4H3. The van der Waals surface area contributed by atoms with Gasteiger partial charge in [0.05, 0.1) is 12.2 Å². The summed E-state index contributed by atoms with van der Waals surface area (Å²) in [5.74, 6) is 0.254. The number of para-hydroxylation sites is 1. The van der Waals surface area contributed by atoms with E-state index < -0.39 is 0 Å². The third kappa shape index (κ3) is 4.81. The number of nitrogens with zero attached hydrogens (tertiary/aromatic N) is 1. The molecule has 150 valence electrons. The van der Waals surface area contributed by atoms with Crippen molar-refractivity contribution in [2.45, 2.75) is 64.5 Å². The zero-order valence-corrected chi connectivity index (χ0v) is 17.4.